The fourth-order valence-corrected chi connectivity index (χ4v) is 1.30. The molecule has 0 saturated carbocycles. The molecular weight excluding hydrogens is 188 g/mol. The average molecular weight is 201 g/mol. The van der Waals surface area contributed by atoms with Gasteiger partial charge in [0, 0.05) is 12.1 Å². The van der Waals surface area contributed by atoms with E-state index in [0.29, 0.717) is 11.1 Å². The molecule has 0 amide bonds. The van der Waals surface area contributed by atoms with E-state index in [2.05, 4.69) is 0 Å². The highest BCUT2D eigenvalue weighted by Crippen LogP contribution is 2.21. The maximum Gasteiger partial charge on any atom is 0.129 e. The predicted octanol–water partition coefficient (Wildman–Crippen LogP) is 1.60. The molecule has 0 spiro atoms. The van der Waals surface area contributed by atoms with Gasteiger partial charge in [-0.1, -0.05) is 6.07 Å². The van der Waals surface area contributed by atoms with Crippen LogP contribution in [0, 0.1) is 12.7 Å². The van der Waals surface area contributed by atoms with Crippen molar-refractivity contribution in [1.29, 1.82) is 0 Å². The summed E-state index contributed by atoms with van der Waals surface area (Å²) in [5.74, 6) is -0.630. The van der Waals surface area contributed by atoms with Gasteiger partial charge >= 0.3 is 0 Å². The minimum absolute atomic E-state index is 0.0217. The zero-order valence-electron chi connectivity index (χ0n) is 7.93. The van der Waals surface area contributed by atoms with Crippen LogP contribution >= 0.6 is 0 Å². The van der Waals surface area contributed by atoms with Crippen molar-refractivity contribution < 1.29 is 13.9 Å². The normalized spacial score (nSPS) is 12.9. The van der Waals surface area contributed by atoms with E-state index in [1.54, 1.807) is 13.0 Å². The lowest BCUT2D eigenvalue weighted by molar-refractivity contribution is 0.186. The van der Waals surface area contributed by atoms with Crippen LogP contribution < -0.4 is 5.73 Å². The second kappa shape index (κ2) is 4.48. The molecule has 0 heterocycles. The van der Waals surface area contributed by atoms with Crippen LogP contribution in [-0.4, -0.2) is 11.7 Å². The molecule has 1 atom stereocenters. The lowest BCUT2D eigenvalue weighted by atomic mass is 10.0. The number of alkyl halides is 1. The monoisotopic (exact) mass is 201 g/mol. The largest absolute Gasteiger partial charge is 0.387 e. The highest BCUT2D eigenvalue weighted by Gasteiger charge is 2.12. The summed E-state index contributed by atoms with van der Waals surface area (Å²) < 4.78 is 25.6. The summed E-state index contributed by atoms with van der Waals surface area (Å²) in [4.78, 5) is 0. The summed E-state index contributed by atoms with van der Waals surface area (Å²) in [5, 5.41) is 9.36. The fraction of sp³-hybridized carbons (Fsp3) is 0.400. The summed E-state index contributed by atoms with van der Waals surface area (Å²) in [6, 6.07) is 2.68. The van der Waals surface area contributed by atoms with Gasteiger partial charge in [-0.05, 0) is 24.1 Å². The van der Waals surface area contributed by atoms with Crippen molar-refractivity contribution in [2.75, 3.05) is 6.54 Å². The molecule has 0 fully saturated rings. The second-order valence-corrected chi connectivity index (χ2v) is 3.18. The number of aliphatic hydroxyl groups is 1. The van der Waals surface area contributed by atoms with E-state index in [-0.39, 0.29) is 12.1 Å². The molecule has 1 rings (SSSR count). The number of rotatable bonds is 3. The Morgan fingerprint density at radius 1 is 1.50 bits per heavy atom. The lowest BCUT2D eigenvalue weighted by Crippen LogP contribution is -2.12. The van der Waals surface area contributed by atoms with Gasteiger partial charge in [-0.15, -0.1) is 0 Å². The first kappa shape index (κ1) is 11.1. The summed E-state index contributed by atoms with van der Waals surface area (Å²) in [6.07, 6.45) is -0.892. The first-order chi connectivity index (χ1) is 6.60. The Balaban J connectivity index is 3.13. The third-order valence-electron chi connectivity index (χ3n) is 2.18. The van der Waals surface area contributed by atoms with Crippen molar-refractivity contribution in [3.8, 4) is 0 Å². The predicted molar refractivity (Wildman–Crippen MR) is 50.0 cm³/mol. The third-order valence-corrected chi connectivity index (χ3v) is 2.18. The Bertz CT molecular complexity index is 305. The third kappa shape index (κ3) is 2.08. The van der Waals surface area contributed by atoms with Crippen molar-refractivity contribution in [3.05, 3.63) is 34.6 Å². The first-order valence-corrected chi connectivity index (χ1v) is 4.33. The summed E-state index contributed by atoms with van der Waals surface area (Å²) in [7, 11) is 0. The number of hydrogen-bond donors (Lipinski definition) is 2. The molecule has 14 heavy (non-hydrogen) atoms. The van der Waals surface area contributed by atoms with Gasteiger partial charge in [-0.25, -0.2) is 8.78 Å². The van der Waals surface area contributed by atoms with Crippen LogP contribution in [-0.2, 0) is 6.67 Å². The average Bonchev–Trinajstić information content (AvgIpc) is 2.16. The molecule has 0 aliphatic rings. The minimum atomic E-state index is -0.892. The van der Waals surface area contributed by atoms with Gasteiger partial charge in [0.05, 0.1) is 6.10 Å². The van der Waals surface area contributed by atoms with E-state index in [4.69, 9.17) is 5.73 Å². The fourth-order valence-electron chi connectivity index (χ4n) is 1.30. The SMILES string of the molecule is Cc1cc(C(O)CN)cc(F)c1CF. The second-order valence-electron chi connectivity index (χ2n) is 3.18. The molecule has 0 bridgehead atoms. The van der Waals surface area contributed by atoms with E-state index in [1.165, 1.54) is 0 Å². The molecule has 0 aliphatic carbocycles. The van der Waals surface area contributed by atoms with Gasteiger partial charge in [-0.2, -0.15) is 0 Å². The van der Waals surface area contributed by atoms with E-state index >= 15 is 0 Å². The van der Waals surface area contributed by atoms with Gasteiger partial charge in [0.25, 0.3) is 0 Å². The van der Waals surface area contributed by atoms with Gasteiger partial charge in [-0.3, -0.25) is 0 Å². The Hall–Kier alpha value is -1.00. The molecule has 4 heteroatoms. The van der Waals surface area contributed by atoms with Crippen LogP contribution in [0.2, 0.25) is 0 Å². The van der Waals surface area contributed by atoms with Gasteiger partial charge in [0.15, 0.2) is 0 Å². The van der Waals surface area contributed by atoms with E-state index in [0.717, 1.165) is 6.07 Å². The topological polar surface area (TPSA) is 46.2 Å². The van der Waals surface area contributed by atoms with E-state index in [9.17, 15) is 13.9 Å². The number of benzene rings is 1. The van der Waals surface area contributed by atoms with Crippen molar-refractivity contribution in [3.63, 3.8) is 0 Å². The summed E-state index contributed by atoms with van der Waals surface area (Å²) >= 11 is 0. The van der Waals surface area contributed by atoms with Gasteiger partial charge in [0.2, 0.25) is 0 Å². The Morgan fingerprint density at radius 2 is 2.14 bits per heavy atom. The number of halogens is 2. The number of aliphatic hydroxyl groups excluding tert-OH is 1. The maximum atomic E-state index is 13.2. The number of hydrogen-bond acceptors (Lipinski definition) is 2. The van der Waals surface area contributed by atoms with Crippen LogP contribution in [0.5, 0.6) is 0 Å². The molecule has 1 aromatic carbocycles. The first-order valence-electron chi connectivity index (χ1n) is 4.33. The molecule has 1 unspecified atom stereocenters. The zero-order chi connectivity index (χ0) is 10.7. The molecule has 2 nitrogen and oxygen atoms in total. The van der Waals surface area contributed by atoms with Crippen molar-refractivity contribution >= 4 is 0 Å². The summed E-state index contributed by atoms with van der Waals surface area (Å²) in [6.45, 7) is 0.787. The minimum Gasteiger partial charge on any atom is -0.387 e. The molecule has 78 valence electrons. The van der Waals surface area contributed by atoms with Gasteiger partial charge in [0.1, 0.15) is 12.5 Å². The molecule has 1 aromatic rings. The molecule has 3 N–H and O–H groups in total. The molecule has 0 radical (unpaired) electrons. The van der Waals surface area contributed by atoms with Crippen molar-refractivity contribution in [2.24, 2.45) is 5.73 Å². The van der Waals surface area contributed by atoms with Crippen LogP contribution in [0.15, 0.2) is 12.1 Å². The highest BCUT2D eigenvalue weighted by atomic mass is 19.1. The van der Waals surface area contributed by atoms with Crippen LogP contribution in [0.4, 0.5) is 8.78 Å². The molecule has 0 aliphatic heterocycles. The van der Waals surface area contributed by atoms with Crippen LogP contribution in [0.1, 0.15) is 22.8 Å². The zero-order valence-corrected chi connectivity index (χ0v) is 7.93. The standard InChI is InChI=1S/C10H13F2NO/c1-6-2-7(10(14)5-13)3-9(12)8(6)4-11/h2-3,10,14H,4-5,13H2,1H3. The van der Waals surface area contributed by atoms with Crippen LogP contribution in [0.3, 0.4) is 0 Å². The smallest absolute Gasteiger partial charge is 0.129 e. The molecule has 0 aromatic heterocycles. The quantitative estimate of drug-likeness (QED) is 0.780. The van der Waals surface area contributed by atoms with E-state index in [1.807, 2.05) is 0 Å². The Morgan fingerprint density at radius 3 is 2.57 bits per heavy atom. The van der Waals surface area contributed by atoms with Crippen LogP contribution in [0.25, 0.3) is 0 Å². The Labute approximate surface area is 81.4 Å². The lowest BCUT2D eigenvalue weighted by Gasteiger charge is -2.11. The Kier molecular flexibility index (Phi) is 3.55. The number of aryl methyl sites for hydroxylation is 1. The van der Waals surface area contributed by atoms with E-state index < -0.39 is 18.6 Å². The highest BCUT2D eigenvalue weighted by molar-refractivity contribution is 5.33. The van der Waals surface area contributed by atoms with Crippen molar-refractivity contribution in [2.45, 2.75) is 19.7 Å². The maximum absolute atomic E-state index is 13.2. The number of nitrogens with two attached hydrogens (primary N) is 1. The molecular formula is C10H13F2NO. The van der Waals surface area contributed by atoms with Crippen molar-refractivity contribution in [1.82, 2.24) is 0 Å². The van der Waals surface area contributed by atoms with Gasteiger partial charge < -0.3 is 10.8 Å². The molecule has 0 saturated heterocycles. The summed E-state index contributed by atoms with van der Waals surface area (Å²) in [5.41, 5.74) is 6.15.